The van der Waals surface area contributed by atoms with E-state index in [2.05, 4.69) is 35.6 Å². The molecule has 7 heteroatoms. The van der Waals surface area contributed by atoms with E-state index in [-0.39, 0.29) is 36.9 Å². The van der Waals surface area contributed by atoms with Crippen LogP contribution in [0.15, 0.2) is 84.9 Å². The number of nitrogens with two attached hydrogens (primary N) is 1. The van der Waals surface area contributed by atoms with Gasteiger partial charge in [0, 0.05) is 25.6 Å². The molecule has 3 amide bonds. The molecule has 7 nitrogen and oxygen atoms in total. The summed E-state index contributed by atoms with van der Waals surface area (Å²) in [4.78, 5) is 43.1. The molecule has 0 radical (unpaired) electrons. The summed E-state index contributed by atoms with van der Waals surface area (Å²) in [6.07, 6.45) is 4.79. The molecule has 1 aliphatic rings. The van der Waals surface area contributed by atoms with Gasteiger partial charge in [0.05, 0.1) is 6.04 Å². The van der Waals surface area contributed by atoms with Gasteiger partial charge in [0.25, 0.3) is 0 Å². The molecule has 1 unspecified atom stereocenters. The molecule has 0 aromatic heterocycles. The summed E-state index contributed by atoms with van der Waals surface area (Å²) in [6, 6.07) is 23.1. The predicted octanol–water partition coefficient (Wildman–Crippen LogP) is 3.46. The van der Waals surface area contributed by atoms with Gasteiger partial charge < -0.3 is 20.9 Å². The highest BCUT2D eigenvalue weighted by molar-refractivity contribution is 5.94. The van der Waals surface area contributed by atoms with Crippen LogP contribution in [0, 0.1) is 0 Å². The van der Waals surface area contributed by atoms with Crippen LogP contribution in [0.4, 0.5) is 0 Å². The monoisotopic (exact) mass is 526 g/mol. The number of amides is 3. The third-order valence-electron chi connectivity index (χ3n) is 7.14. The fourth-order valence-electron chi connectivity index (χ4n) is 5.07. The number of nitrogens with zero attached hydrogens (tertiary/aromatic N) is 2. The van der Waals surface area contributed by atoms with Crippen molar-refractivity contribution >= 4 is 28.5 Å². The lowest BCUT2D eigenvalue weighted by atomic mass is 9.96. The van der Waals surface area contributed by atoms with Crippen LogP contribution in [-0.4, -0.2) is 65.3 Å². The van der Waals surface area contributed by atoms with Crippen molar-refractivity contribution in [1.29, 1.82) is 0 Å². The smallest absolute Gasteiger partial charge is 0.247 e. The van der Waals surface area contributed by atoms with Crippen LogP contribution in [0.2, 0.25) is 0 Å². The van der Waals surface area contributed by atoms with Crippen molar-refractivity contribution in [2.45, 2.75) is 50.7 Å². The second-order valence-corrected chi connectivity index (χ2v) is 11.0. The van der Waals surface area contributed by atoms with Crippen molar-refractivity contribution in [3.63, 3.8) is 0 Å². The molecule has 1 aliphatic heterocycles. The maximum atomic E-state index is 13.5. The van der Waals surface area contributed by atoms with E-state index in [0.29, 0.717) is 19.3 Å². The topological polar surface area (TPSA) is 95.7 Å². The summed E-state index contributed by atoms with van der Waals surface area (Å²) >= 11 is 0. The molecule has 3 N–H and O–H groups in total. The van der Waals surface area contributed by atoms with Crippen molar-refractivity contribution in [1.82, 2.24) is 15.1 Å². The molecule has 0 saturated carbocycles. The number of carbonyl (C=O) groups excluding carboxylic acids is 3. The van der Waals surface area contributed by atoms with E-state index in [0.717, 1.165) is 21.9 Å². The van der Waals surface area contributed by atoms with Gasteiger partial charge in [0.2, 0.25) is 17.7 Å². The van der Waals surface area contributed by atoms with E-state index in [1.807, 2.05) is 56.3 Å². The van der Waals surface area contributed by atoms with Crippen molar-refractivity contribution in [2.75, 3.05) is 20.1 Å². The minimum Gasteiger partial charge on any atom is -0.357 e. The van der Waals surface area contributed by atoms with Crippen molar-refractivity contribution in [3.05, 3.63) is 96.1 Å². The van der Waals surface area contributed by atoms with Gasteiger partial charge in [-0.15, -0.1) is 0 Å². The molecule has 2 atom stereocenters. The normalized spacial score (nSPS) is 17.0. The quantitative estimate of drug-likeness (QED) is 0.418. The van der Waals surface area contributed by atoms with E-state index >= 15 is 0 Å². The summed E-state index contributed by atoms with van der Waals surface area (Å²) in [6.45, 7) is 3.98. The second-order valence-electron chi connectivity index (χ2n) is 11.0. The Labute approximate surface area is 230 Å². The summed E-state index contributed by atoms with van der Waals surface area (Å²) in [7, 11) is 1.58. The number of nitrogens with one attached hydrogen (secondary N) is 1. The summed E-state index contributed by atoms with van der Waals surface area (Å²) in [5.41, 5.74) is 7.68. The number of fused-ring (bicyclic) bond motifs is 1. The zero-order valence-corrected chi connectivity index (χ0v) is 23.0. The predicted molar refractivity (Wildman–Crippen MR) is 155 cm³/mol. The summed E-state index contributed by atoms with van der Waals surface area (Å²) < 4.78 is 0. The first-order chi connectivity index (χ1) is 18.6. The molecule has 0 spiro atoms. The molecule has 3 aromatic rings. The summed E-state index contributed by atoms with van der Waals surface area (Å²) in [5.74, 6) is -0.686. The SMILES string of the molecule is CNC(=O)C(Cc1ccccc1)N1C[C@@H](Cc2ccc3ccccc3c2)N(C(=O)C=CCC(C)(C)N)CC1=O. The molecular formula is C32H38N4O3. The van der Waals surface area contributed by atoms with E-state index in [4.69, 9.17) is 5.73 Å². The number of hydrogen-bond donors (Lipinski definition) is 2. The highest BCUT2D eigenvalue weighted by atomic mass is 16.2. The van der Waals surface area contributed by atoms with E-state index in [9.17, 15) is 14.4 Å². The standard InChI is InChI=1S/C32H38N4O3/c1-32(2,33)17-9-14-29(37)35-22-30(38)36(28(31(39)34-3)20-23-10-5-4-6-11-23)21-27(35)19-24-15-16-25-12-7-8-13-26(25)18-24/h4-16,18,27-28H,17,19-22,33H2,1-3H3,(H,34,39)/t27-,28?/m1/s1. The molecule has 1 fully saturated rings. The first-order valence-corrected chi connectivity index (χ1v) is 13.4. The second kappa shape index (κ2) is 12.3. The Kier molecular flexibility index (Phi) is 8.82. The van der Waals surface area contributed by atoms with Gasteiger partial charge in [-0.2, -0.15) is 0 Å². The Morgan fingerprint density at radius 1 is 1.03 bits per heavy atom. The van der Waals surface area contributed by atoms with Crippen molar-refractivity contribution < 1.29 is 14.4 Å². The average Bonchev–Trinajstić information content (AvgIpc) is 2.92. The fourth-order valence-corrected chi connectivity index (χ4v) is 5.07. The van der Waals surface area contributed by atoms with Gasteiger partial charge in [0.15, 0.2) is 0 Å². The third kappa shape index (κ3) is 7.33. The minimum absolute atomic E-state index is 0.0876. The number of carbonyl (C=O) groups is 3. The van der Waals surface area contributed by atoms with Gasteiger partial charge in [-0.3, -0.25) is 14.4 Å². The van der Waals surface area contributed by atoms with Gasteiger partial charge in [-0.1, -0.05) is 78.9 Å². The van der Waals surface area contributed by atoms with Gasteiger partial charge >= 0.3 is 0 Å². The van der Waals surface area contributed by atoms with Crippen LogP contribution in [0.25, 0.3) is 10.8 Å². The first kappa shape index (κ1) is 28.0. The Balaban J connectivity index is 1.63. The molecule has 1 saturated heterocycles. The molecule has 3 aromatic carbocycles. The van der Waals surface area contributed by atoms with Crippen LogP contribution in [-0.2, 0) is 27.2 Å². The van der Waals surface area contributed by atoms with E-state index < -0.39 is 11.6 Å². The van der Waals surface area contributed by atoms with Crippen LogP contribution in [0.5, 0.6) is 0 Å². The molecule has 4 rings (SSSR count). The van der Waals surface area contributed by atoms with Crippen LogP contribution in [0.1, 0.15) is 31.4 Å². The fraction of sp³-hybridized carbons (Fsp3) is 0.344. The van der Waals surface area contributed by atoms with Crippen molar-refractivity contribution in [2.24, 2.45) is 5.73 Å². The Morgan fingerprint density at radius 2 is 1.72 bits per heavy atom. The maximum absolute atomic E-state index is 13.5. The number of hydrogen-bond acceptors (Lipinski definition) is 4. The zero-order valence-electron chi connectivity index (χ0n) is 23.0. The molecular weight excluding hydrogens is 488 g/mol. The number of benzene rings is 3. The lowest BCUT2D eigenvalue weighted by Crippen LogP contribution is -2.63. The molecule has 39 heavy (non-hydrogen) atoms. The first-order valence-electron chi connectivity index (χ1n) is 13.4. The number of likely N-dealkylation sites (N-methyl/N-ethyl adjacent to an activating group) is 1. The van der Waals surface area contributed by atoms with Gasteiger partial charge in [-0.05, 0) is 54.7 Å². The lowest BCUT2D eigenvalue weighted by Gasteiger charge is -2.43. The Morgan fingerprint density at radius 3 is 2.41 bits per heavy atom. The molecule has 0 aliphatic carbocycles. The molecule has 0 bridgehead atoms. The van der Waals surface area contributed by atoms with Crippen molar-refractivity contribution in [3.8, 4) is 0 Å². The van der Waals surface area contributed by atoms with Crippen LogP contribution >= 0.6 is 0 Å². The van der Waals surface area contributed by atoms with E-state index in [1.54, 1.807) is 22.9 Å². The van der Waals surface area contributed by atoms with Gasteiger partial charge in [-0.25, -0.2) is 0 Å². The van der Waals surface area contributed by atoms with Crippen LogP contribution in [0.3, 0.4) is 0 Å². The molecule has 204 valence electrons. The zero-order chi connectivity index (χ0) is 28.0. The highest BCUT2D eigenvalue weighted by Crippen LogP contribution is 2.23. The Bertz CT molecular complexity index is 1350. The number of piperazine rings is 1. The van der Waals surface area contributed by atoms with E-state index in [1.165, 1.54) is 6.08 Å². The largest absolute Gasteiger partial charge is 0.357 e. The van der Waals surface area contributed by atoms with Crippen LogP contribution < -0.4 is 11.1 Å². The summed E-state index contributed by atoms with van der Waals surface area (Å²) in [5, 5.41) is 4.99. The highest BCUT2D eigenvalue weighted by Gasteiger charge is 2.39. The van der Waals surface area contributed by atoms with Gasteiger partial charge in [0.1, 0.15) is 12.6 Å². The minimum atomic E-state index is -0.671. The number of rotatable bonds is 9. The average molecular weight is 527 g/mol. The lowest BCUT2D eigenvalue weighted by molar-refractivity contribution is -0.151. The Hall–Kier alpha value is -3.97. The maximum Gasteiger partial charge on any atom is 0.247 e. The third-order valence-corrected chi connectivity index (χ3v) is 7.14. The molecule has 1 heterocycles.